The van der Waals surface area contributed by atoms with Gasteiger partial charge in [0.2, 0.25) is 0 Å². The highest BCUT2D eigenvalue weighted by atomic mass is 19.4. The molecule has 2 rings (SSSR count). The summed E-state index contributed by atoms with van der Waals surface area (Å²) in [6.45, 7) is 5.75. The standard InChI is InChI=1S/C10H18N4.C2HF3O2/c1-3-14-5-4-9(8-14)12-10-6-11-13(2)7-10;3-2(4,5)1(6)7/h6-7,9,12H,3-5,8H2,1-2H3;(H,6,7). The summed E-state index contributed by atoms with van der Waals surface area (Å²) in [7, 11) is 1.94. The molecule has 9 heteroatoms. The van der Waals surface area contributed by atoms with E-state index >= 15 is 0 Å². The molecule has 1 aliphatic rings. The van der Waals surface area contributed by atoms with E-state index in [-0.39, 0.29) is 0 Å². The highest BCUT2D eigenvalue weighted by molar-refractivity contribution is 5.73. The van der Waals surface area contributed by atoms with Crippen LogP contribution in [0.4, 0.5) is 18.9 Å². The molecule has 120 valence electrons. The third kappa shape index (κ3) is 6.03. The Balaban J connectivity index is 0.000000270. The number of anilines is 1. The Labute approximate surface area is 120 Å². The van der Waals surface area contributed by atoms with Gasteiger partial charge in [-0.3, -0.25) is 4.68 Å². The summed E-state index contributed by atoms with van der Waals surface area (Å²) in [5.74, 6) is -2.76. The Morgan fingerprint density at radius 2 is 2.19 bits per heavy atom. The number of likely N-dealkylation sites (N-methyl/N-ethyl adjacent to an activating group) is 1. The number of carboxylic acid groups (broad SMARTS) is 1. The zero-order valence-corrected chi connectivity index (χ0v) is 11.9. The largest absolute Gasteiger partial charge is 0.490 e. The third-order valence-electron chi connectivity index (χ3n) is 3.04. The lowest BCUT2D eigenvalue weighted by Crippen LogP contribution is -2.25. The predicted octanol–water partition coefficient (Wildman–Crippen LogP) is 1.56. The van der Waals surface area contributed by atoms with Crippen LogP contribution >= 0.6 is 0 Å². The van der Waals surface area contributed by atoms with E-state index in [0.717, 1.165) is 18.8 Å². The number of hydrogen-bond donors (Lipinski definition) is 2. The summed E-state index contributed by atoms with van der Waals surface area (Å²) in [6, 6.07) is 0.596. The maximum Gasteiger partial charge on any atom is 0.490 e. The van der Waals surface area contributed by atoms with Crippen molar-refractivity contribution in [2.45, 2.75) is 25.6 Å². The Bertz CT molecular complexity index is 462. The molecular formula is C12H19F3N4O2. The zero-order chi connectivity index (χ0) is 16.0. The Morgan fingerprint density at radius 1 is 1.57 bits per heavy atom. The maximum atomic E-state index is 10.6. The summed E-state index contributed by atoms with van der Waals surface area (Å²) in [5.41, 5.74) is 1.13. The first-order chi connectivity index (χ1) is 9.72. The Kier molecular flexibility index (Phi) is 6.01. The average molecular weight is 308 g/mol. The number of nitrogens with one attached hydrogen (secondary N) is 1. The number of hydrogen-bond acceptors (Lipinski definition) is 4. The molecule has 1 atom stereocenters. The fraction of sp³-hybridized carbons (Fsp3) is 0.667. The third-order valence-corrected chi connectivity index (χ3v) is 3.04. The molecule has 2 N–H and O–H groups in total. The van der Waals surface area contributed by atoms with Crippen LogP contribution in [-0.4, -0.2) is 57.6 Å². The lowest BCUT2D eigenvalue weighted by molar-refractivity contribution is -0.192. The monoisotopic (exact) mass is 308 g/mol. The van der Waals surface area contributed by atoms with Crippen LogP contribution in [0.5, 0.6) is 0 Å². The normalized spacial score (nSPS) is 19.0. The smallest absolute Gasteiger partial charge is 0.475 e. The first-order valence-corrected chi connectivity index (χ1v) is 6.50. The van der Waals surface area contributed by atoms with Gasteiger partial charge in [0.25, 0.3) is 0 Å². The number of rotatable bonds is 3. The van der Waals surface area contributed by atoms with Crippen LogP contribution in [0.2, 0.25) is 0 Å². The van der Waals surface area contributed by atoms with Crippen molar-refractivity contribution >= 4 is 11.7 Å². The van der Waals surface area contributed by atoms with Gasteiger partial charge >= 0.3 is 12.1 Å². The molecule has 1 aromatic rings. The zero-order valence-electron chi connectivity index (χ0n) is 11.9. The molecule has 0 spiro atoms. The summed E-state index contributed by atoms with van der Waals surface area (Å²) in [5, 5.41) is 14.8. The average Bonchev–Trinajstić information content (AvgIpc) is 2.98. The van der Waals surface area contributed by atoms with E-state index in [0.29, 0.717) is 6.04 Å². The van der Waals surface area contributed by atoms with Crippen LogP contribution in [0.3, 0.4) is 0 Å². The van der Waals surface area contributed by atoms with Gasteiger partial charge in [-0.15, -0.1) is 0 Å². The van der Waals surface area contributed by atoms with Gasteiger partial charge in [-0.05, 0) is 13.0 Å². The molecule has 0 saturated carbocycles. The molecule has 1 saturated heterocycles. The number of likely N-dealkylation sites (tertiary alicyclic amines) is 1. The minimum Gasteiger partial charge on any atom is -0.475 e. The second kappa shape index (κ2) is 7.30. The highest BCUT2D eigenvalue weighted by Gasteiger charge is 2.38. The molecule has 1 aromatic heterocycles. The number of nitrogens with zero attached hydrogens (tertiary/aromatic N) is 3. The Hall–Kier alpha value is -1.77. The van der Waals surface area contributed by atoms with E-state index in [2.05, 4.69) is 22.2 Å². The SMILES string of the molecule is CCN1CCC(Nc2cnn(C)c2)C1.O=C(O)C(F)(F)F. The van der Waals surface area contributed by atoms with Gasteiger partial charge in [0.15, 0.2) is 0 Å². The van der Waals surface area contributed by atoms with Crippen LogP contribution in [0.1, 0.15) is 13.3 Å². The van der Waals surface area contributed by atoms with Gasteiger partial charge < -0.3 is 15.3 Å². The quantitative estimate of drug-likeness (QED) is 0.887. The second-order valence-corrected chi connectivity index (χ2v) is 4.73. The molecule has 0 amide bonds. The molecule has 0 bridgehead atoms. The van der Waals surface area contributed by atoms with Crippen molar-refractivity contribution in [3.63, 3.8) is 0 Å². The van der Waals surface area contributed by atoms with Gasteiger partial charge in [-0.25, -0.2) is 4.79 Å². The van der Waals surface area contributed by atoms with Crippen molar-refractivity contribution in [1.29, 1.82) is 0 Å². The van der Waals surface area contributed by atoms with Crippen molar-refractivity contribution < 1.29 is 23.1 Å². The number of aliphatic carboxylic acids is 1. The summed E-state index contributed by atoms with van der Waals surface area (Å²) < 4.78 is 33.6. The summed E-state index contributed by atoms with van der Waals surface area (Å²) in [4.78, 5) is 11.4. The van der Waals surface area contributed by atoms with E-state index in [1.165, 1.54) is 13.0 Å². The van der Waals surface area contributed by atoms with Crippen LogP contribution in [0.25, 0.3) is 0 Å². The lowest BCUT2D eigenvalue weighted by Gasteiger charge is -2.14. The molecule has 21 heavy (non-hydrogen) atoms. The van der Waals surface area contributed by atoms with Crippen LogP contribution in [0, 0.1) is 0 Å². The highest BCUT2D eigenvalue weighted by Crippen LogP contribution is 2.14. The molecule has 1 unspecified atom stereocenters. The maximum absolute atomic E-state index is 10.6. The molecule has 0 aromatic carbocycles. The fourth-order valence-electron chi connectivity index (χ4n) is 1.97. The second-order valence-electron chi connectivity index (χ2n) is 4.73. The van der Waals surface area contributed by atoms with E-state index in [4.69, 9.17) is 9.90 Å². The van der Waals surface area contributed by atoms with Gasteiger partial charge in [0.05, 0.1) is 11.9 Å². The molecule has 6 nitrogen and oxygen atoms in total. The first-order valence-electron chi connectivity index (χ1n) is 6.50. The van der Waals surface area contributed by atoms with Gasteiger partial charge in [0.1, 0.15) is 0 Å². The number of carboxylic acids is 1. The minimum absolute atomic E-state index is 0.596. The van der Waals surface area contributed by atoms with Crippen molar-refractivity contribution in [3.05, 3.63) is 12.4 Å². The first kappa shape index (κ1) is 17.3. The van der Waals surface area contributed by atoms with Crippen LogP contribution in [0.15, 0.2) is 12.4 Å². The topological polar surface area (TPSA) is 70.4 Å². The molecular weight excluding hydrogens is 289 g/mol. The van der Waals surface area contributed by atoms with Crippen molar-refractivity contribution in [1.82, 2.24) is 14.7 Å². The lowest BCUT2D eigenvalue weighted by atomic mass is 10.2. The van der Waals surface area contributed by atoms with Crippen LogP contribution in [-0.2, 0) is 11.8 Å². The van der Waals surface area contributed by atoms with Crippen molar-refractivity contribution in [2.24, 2.45) is 7.05 Å². The predicted molar refractivity (Wildman–Crippen MR) is 71.0 cm³/mol. The van der Waals surface area contributed by atoms with E-state index in [1.54, 1.807) is 0 Å². The van der Waals surface area contributed by atoms with Gasteiger partial charge in [0, 0.05) is 32.4 Å². The van der Waals surface area contributed by atoms with Gasteiger partial charge in [-0.1, -0.05) is 6.92 Å². The van der Waals surface area contributed by atoms with Crippen molar-refractivity contribution in [3.8, 4) is 0 Å². The van der Waals surface area contributed by atoms with E-state index in [9.17, 15) is 13.2 Å². The molecule has 2 heterocycles. The van der Waals surface area contributed by atoms with Crippen molar-refractivity contribution in [2.75, 3.05) is 25.0 Å². The summed E-state index contributed by atoms with van der Waals surface area (Å²) >= 11 is 0. The number of halogens is 3. The molecule has 1 aliphatic heterocycles. The Morgan fingerprint density at radius 3 is 2.57 bits per heavy atom. The molecule has 0 radical (unpaired) electrons. The van der Waals surface area contributed by atoms with Gasteiger partial charge in [-0.2, -0.15) is 18.3 Å². The number of alkyl halides is 3. The fourth-order valence-corrected chi connectivity index (χ4v) is 1.97. The van der Waals surface area contributed by atoms with E-state index < -0.39 is 12.1 Å². The number of aryl methyl sites for hydroxylation is 1. The number of carbonyl (C=O) groups is 1. The minimum atomic E-state index is -5.08. The summed E-state index contributed by atoms with van der Waals surface area (Å²) in [6.07, 6.45) is 0.0615. The van der Waals surface area contributed by atoms with Crippen LogP contribution < -0.4 is 5.32 Å². The van der Waals surface area contributed by atoms with E-state index in [1.807, 2.05) is 24.1 Å². The molecule has 1 fully saturated rings. The molecule has 0 aliphatic carbocycles. The number of aromatic nitrogens is 2.